The third-order valence-electron chi connectivity index (χ3n) is 2.55. The predicted octanol–water partition coefficient (Wildman–Crippen LogP) is 2.48. The lowest BCUT2D eigenvalue weighted by atomic mass is 9.98. The Morgan fingerprint density at radius 1 is 1.41 bits per heavy atom. The maximum Gasteiger partial charge on any atom is 0.420 e. The third kappa shape index (κ3) is 2.82. The first-order valence-electron chi connectivity index (χ1n) is 4.99. The molecule has 0 bridgehead atoms. The molecular formula is C11H14F3NO2. The van der Waals surface area contributed by atoms with E-state index in [9.17, 15) is 18.3 Å². The zero-order chi connectivity index (χ0) is 13.2. The molecule has 1 aromatic carbocycles. The van der Waals surface area contributed by atoms with Crippen LogP contribution in [0.25, 0.3) is 0 Å². The highest BCUT2D eigenvalue weighted by atomic mass is 19.4. The average Bonchev–Trinajstić information content (AvgIpc) is 2.26. The monoisotopic (exact) mass is 249 g/mol. The summed E-state index contributed by atoms with van der Waals surface area (Å²) in [6.07, 6.45) is -4.62. The van der Waals surface area contributed by atoms with Crippen LogP contribution < -0.4 is 10.5 Å². The number of rotatable bonds is 3. The van der Waals surface area contributed by atoms with Crippen molar-refractivity contribution in [1.29, 1.82) is 0 Å². The number of halogens is 3. The minimum atomic E-state index is -4.62. The van der Waals surface area contributed by atoms with Gasteiger partial charge in [-0.05, 0) is 30.2 Å². The molecule has 1 aromatic rings. The highest BCUT2D eigenvalue weighted by molar-refractivity contribution is 5.50. The van der Waals surface area contributed by atoms with Crippen molar-refractivity contribution in [3.63, 3.8) is 0 Å². The molecule has 0 saturated heterocycles. The van der Waals surface area contributed by atoms with E-state index < -0.39 is 17.5 Å². The number of hydrogen-bond donors (Lipinski definition) is 2. The molecule has 0 aliphatic heterocycles. The number of nitrogens with two attached hydrogens (primary N) is 1. The second-order valence-corrected chi connectivity index (χ2v) is 3.75. The van der Waals surface area contributed by atoms with Gasteiger partial charge in [-0.1, -0.05) is 6.92 Å². The Hall–Kier alpha value is -1.43. The van der Waals surface area contributed by atoms with E-state index in [1.165, 1.54) is 13.2 Å². The van der Waals surface area contributed by atoms with Crippen LogP contribution in [0.4, 0.5) is 13.2 Å². The van der Waals surface area contributed by atoms with Gasteiger partial charge >= 0.3 is 6.18 Å². The van der Waals surface area contributed by atoms with E-state index in [0.29, 0.717) is 5.56 Å². The molecule has 3 nitrogen and oxygen atoms in total. The molecular weight excluding hydrogens is 235 g/mol. The van der Waals surface area contributed by atoms with Crippen molar-refractivity contribution in [3.8, 4) is 11.5 Å². The van der Waals surface area contributed by atoms with Gasteiger partial charge in [-0.3, -0.25) is 0 Å². The molecule has 0 aliphatic carbocycles. The van der Waals surface area contributed by atoms with Gasteiger partial charge in [-0.2, -0.15) is 13.2 Å². The first-order chi connectivity index (χ1) is 7.81. The van der Waals surface area contributed by atoms with Crippen molar-refractivity contribution in [2.75, 3.05) is 13.7 Å². The zero-order valence-electron chi connectivity index (χ0n) is 9.51. The minimum absolute atomic E-state index is 0.199. The minimum Gasteiger partial charge on any atom is -0.504 e. The Balaban J connectivity index is 3.39. The molecule has 0 saturated carbocycles. The van der Waals surface area contributed by atoms with Crippen LogP contribution in [0.15, 0.2) is 12.1 Å². The number of methoxy groups -OCH3 is 1. The van der Waals surface area contributed by atoms with Gasteiger partial charge in [0.2, 0.25) is 0 Å². The molecule has 96 valence electrons. The van der Waals surface area contributed by atoms with Gasteiger partial charge in [-0.15, -0.1) is 0 Å². The number of benzene rings is 1. The topological polar surface area (TPSA) is 55.5 Å². The van der Waals surface area contributed by atoms with Gasteiger partial charge in [0.25, 0.3) is 0 Å². The first kappa shape index (κ1) is 13.6. The molecule has 0 heterocycles. The normalized spacial score (nSPS) is 13.5. The van der Waals surface area contributed by atoms with Crippen molar-refractivity contribution in [3.05, 3.63) is 23.3 Å². The van der Waals surface area contributed by atoms with Crippen LogP contribution in [0.5, 0.6) is 11.5 Å². The van der Waals surface area contributed by atoms with Crippen molar-refractivity contribution in [1.82, 2.24) is 0 Å². The molecule has 0 fully saturated rings. The van der Waals surface area contributed by atoms with Crippen LogP contribution >= 0.6 is 0 Å². The van der Waals surface area contributed by atoms with E-state index >= 15 is 0 Å². The molecule has 0 amide bonds. The number of alkyl halides is 3. The molecule has 17 heavy (non-hydrogen) atoms. The van der Waals surface area contributed by atoms with E-state index in [2.05, 4.69) is 0 Å². The number of phenols is 1. The Morgan fingerprint density at radius 2 is 2.00 bits per heavy atom. The second kappa shape index (κ2) is 4.83. The lowest BCUT2D eigenvalue weighted by molar-refractivity contribution is -0.138. The Morgan fingerprint density at radius 3 is 2.41 bits per heavy atom. The summed E-state index contributed by atoms with van der Waals surface area (Å²) in [4.78, 5) is 0. The van der Waals surface area contributed by atoms with Crippen LogP contribution in [0.3, 0.4) is 0 Å². The molecule has 0 aliphatic rings. The lowest BCUT2D eigenvalue weighted by Crippen LogP contribution is -2.12. The smallest absolute Gasteiger partial charge is 0.420 e. The Kier molecular flexibility index (Phi) is 3.87. The number of aromatic hydroxyl groups is 1. The van der Waals surface area contributed by atoms with E-state index in [-0.39, 0.29) is 18.2 Å². The van der Waals surface area contributed by atoms with Gasteiger partial charge in [0, 0.05) is 0 Å². The zero-order valence-corrected chi connectivity index (χ0v) is 9.51. The lowest BCUT2D eigenvalue weighted by Gasteiger charge is -2.16. The molecule has 1 rings (SSSR count). The summed E-state index contributed by atoms with van der Waals surface area (Å²) in [5, 5.41) is 9.43. The van der Waals surface area contributed by atoms with E-state index in [1.807, 2.05) is 0 Å². The largest absolute Gasteiger partial charge is 0.504 e. The number of ether oxygens (including phenoxy) is 1. The summed E-state index contributed by atoms with van der Waals surface area (Å²) in [5.74, 6) is -1.34. The highest BCUT2D eigenvalue weighted by Crippen LogP contribution is 2.42. The Bertz CT molecular complexity index is 404. The predicted molar refractivity (Wildman–Crippen MR) is 57.1 cm³/mol. The fourth-order valence-electron chi connectivity index (χ4n) is 1.42. The molecule has 0 aromatic heterocycles. The van der Waals surface area contributed by atoms with Crippen LogP contribution in [0, 0.1) is 0 Å². The average molecular weight is 249 g/mol. The number of hydrogen-bond acceptors (Lipinski definition) is 3. The third-order valence-corrected chi connectivity index (χ3v) is 2.55. The molecule has 1 atom stereocenters. The van der Waals surface area contributed by atoms with Crippen LogP contribution in [0.1, 0.15) is 24.0 Å². The summed E-state index contributed by atoms with van der Waals surface area (Å²) in [6, 6.07) is 2.26. The van der Waals surface area contributed by atoms with Gasteiger partial charge < -0.3 is 15.6 Å². The van der Waals surface area contributed by atoms with Crippen molar-refractivity contribution in [2.24, 2.45) is 5.73 Å². The van der Waals surface area contributed by atoms with E-state index in [0.717, 1.165) is 6.07 Å². The molecule has 3 N–H and O–H groups in total. The van der Waals surface area contributed by atoms with E-state index in [1.54, 1.807) is 6.92 Å². The van der Waals surface area contributed by atoms with E-state index in [4.69, 9.17) is 10.5 Å². The maximum atomic E-state index is 12.7. The first-order valence-corrected chi connectivity index (χ1v) is 4.99. The SMILES string of the molecule is COc1cc(C(C)CN)cc(C(F)(F)F)c1O. The van der Waals surface area contributed by atoms with Gasteiger partial charge in [0.15, 0.2) is 11.5 Å². The van der Waals surface area contributed by atoms with Crippen LogP contribution in [-0.4, -0.2) is 18.8 Å². The summed E-state index contributed by atoms with van der Waals surface area (Å²) in [6.45, 7) is 1.91. The van der Waals surface area contributed by atoms with Crippen molar-refractivity contribution < 1.29 is 23.0 Å². The fourth-order valence-corrected chi connectivity index (χ4v) is 1.42. The molecule has 6 heteroatoms. The van der Waals surface area contributed by atoms with Crippen LogP contribution in [0.2, 0.25) is 0 Å². The summed E-state index contributed by atoms with van der Waals surface area (Å²) in [5.41, 5.74) is 4.69. The maximum absolute atomic E-state index is 12.7. The van der Waals surface area contributed by atoms with Crippen LogP contribution in [-0.2, 0) is 6.18 Å². The van der Waals surface area contributed by atoms with Gasteiger partial charge in [-0.25, -0.2) is 0 Å². The fraction of sp³-hybridized carbons (Fsp3) is 0.455. The molecule has 0 radical (unpaired) electrons. The second-order valence-electron chi connectivity index (χ2n) is 3.75. The Labute approximate surface area is 97.0 Å². The standard InChI is InChI=1S/C11H14F3NO2/c1-6(5-15)7-3-8(11(12,13)14)10(16)9(4-7)17-2/h3-4,6,16H,5,15H2,1-2H3. The van der Waals surface area contributed by atoms with Crippen molar-refractivity contribution >= 4 is 0 Å². The summed E-state index contributed by atoms with van der Waals surface area (Å²) in [7, 11) is 1.20. The summed E-state index contributed by atoms with van der Waals surface area (Å²) < 4.78 is 42.7. The molecule has 0 spiro atoms. The van der Waals surface area contributed by atoms with Gasteiger partial charge in [0.05, 0.1) is 7.11 Å². The molecule has 1 unspecified atom stereocenters. The summed E-state index contributed by atoms with van der Waals surface area (Å²) >= 11 is 0. The van der Waals surface area contributed by atoms with Crippen molar-refractivity contribution in [2.45, 2.75) is 19.0 Å². The quantitative estimate of drug-likeness (QED) is 0.865. The highest BCUT2D eigenvalue weighted by Gasteiger charge is 2.36. The van der Waals surface area contributed by atoms with Gasteiger partial charge in [0.1, 0.15) is 5.56 Å². The number of phenolic OH excluding ortho intramolecular Hbond substituents is 1.